The van der Waals surface area contributed by atoms with Crippen LogP contribution >= 0.6 is 11.8 Å². The van der Waals surface area contributed by atoms with Gasteiger partial charge in [0.05, 0.1) is 0 Å². The van der Waals surface area contributed by atoms with Crippen LogP contribution in [0.25, 0.3) is 0 Å². The van der Waals surface area contributed by atoms with Crippen molar-refractivity contribution < 1.29 is 24.2 Å². The van der Waals surface area contributed by atoms with Gasteiger partial charge in [0.25, 0.3) is 5.78 Å². The number of ketones is 1. The summed E-state index contributed by atoms with van der Waals surface area (Å²) in [5, 5.41) is 0. The topological polar surface area (TPSA) is 69.7 Å². The first-order valence-corrected chi connectivity index (χ1v) is 6.45. The molecule has 5 nitrogen and oxygen atoms in total. The second-order valence-electron chi connectivity index (χ2n) is 3.58. The maximum Gasteiger partial charge on any atom is 0.426 e. The van der Waals surface area contributed by atoms with Crippen molar-refractivity contribution in [2.45, 2.75) is 11.8 Å². The van der Waals surface area contributed by atoms with Crippen LogP contribution in [0.3, 0.4) is 0 Å². The molecule has 1 aromatic carbocycles. The molecule has 0 bridgehead atoms. The Labute approximate surface area is 114 Å². The molecular formula is C13H12O5S. The van der Waals surface area contributed by atoms with Crippen molar-refractivity contribution in [3.05, 3.63) is 42.0 Å². The number of carbonyl (C=O) groups is 3. The summed E-state index contributed by atoms with van der Waals surface area (Å²) in [6, 6.07) is 6.39. The lowest BCUT2D eigenvalue weighted by Gasteiger charge is -2.02. The maximum absolute atomic E-state index is 11.6. The molecule has 0 aliphatic heterocycles. The second kappa shape index (κ2) is 6.75. The zero-order chi connectivity index (χ0) is 14.4. The van der Waals surface area contributed by atoms with Crippen LogP contribution in [0.15, 0.2) is 41.3 Å². The molecule has 0 atom stereocenters. The van der Waals surface area contributed by atoms with Gasteiger partial charge in [-0.15, -0.1) is 11.8 Å². The summed E-state index contributed by atoms with van der Waals surface area (Å²) in [7, 11) is 0. The Kier molecular flexibility index (Phi) is 5.32. The van der Waals surface area contributed by atoms with Gasteiger partial charge in [-0.1, -0.05) is 6.58 Å². The highest BCUT2D eigenvalue weighted by Crippen LogP contribution is 2.15. The van der Waals surface area contributed by atoms with E-state index in [1.165, 1.54) is 30.8 Å². The summed E-state index contributed by atoms with van der Waals surface area (Å²) in [5.41, 5.74) is 0.221. The molecule has 1 rings (SSSR count). The summed E-state index contributed by atoms with van der Waals surface area (Å²) in [6.45, 7) is 4.69. The molecule has 6 heteroatoms. The Hall–Kier alpha value is -2.08. The summed E-state index contributed by atoms with van der Waals surface area (Å²) < 4.78 is 0. The molecule has 0 radical (unpaired) electrons. The van der Waals surface area contributed by atoms with Gasteiger partial charge in [-0.3, -0.25) is 4.79 Å². The zero-order valence-electron chi connectivity index (χ0n) is 10.5. The lowest BCUT2D eigenvalue weighted by atomic mass is 10.1. The Balaban J connectivity index is 2.63. The Morgan fingerprint density at radius 1 is 1.05 bits per heavy atom. The predicted octanol–water partition coefficient (Wildman–Crippen LogP) is 2.17. The molecule has 0 saturated heterocycles. The standard InChI is InChI=1S/C13H12O5S/c1-8(2)12(15)17-18-13(16)11(14)9-4-6-10(19-3)7-5-9/h4-7H,1H2,2-3H3. The first-order valence-electron chi connectivity index (χ1n) is 5.22. The number of hydrogen-bond donors (Lipinski definition) is 0. The number of Topliss-reactive ketones (excluding diaryl/α,β-unsaturated/α-hetero) is 1. The van der Waals surface area contributed by atoms with E-state index in [9.17, 15) is 14.4 Å². The molecule has 0 spiro atoms. The van der Waals surface area contributed by atoms with Gasteiger partial charge in [0.15, 0.2) is 0 Å². The van der Waals surface area contributed by atoms with Crippen molar-refractivity contribution in [2.24, 2.45) is 0 Å². The van der Waals surface area contributed by atoms with Gasteiger partial charge in [-0.25, -0.2) is 19.4 Å². The Morgan fingerprint density at radius 3 is 2.05 bits per heavy atom. The molecule has 1 aromatic rings. The molecule has 0 fully saturated rings. The van der Waals surface area contributed by atoms with Gasteiger partial charge in [-0.2, -0.15) is 0 Å². The van der Waals surface area contributed by atoms with Crippen LogP contribution < -0.4 is 0 Å². The summed E-state index contributed by atoms with van der Waals surface area (Å²) in [4.78, 5) is 43.2. The fourth-order valence-electron chi connectivity index (χ4n) is 1.04. The van der Waals surface area contributed by atoms with Crippen LogP contribution in [0.5, 0.6) is 0 Å². The molecular weight excluding hydrogens is 268 g/mol. The molecule has 0 heterocycles. The SMILES string of the molecule is C=C(C)C(=O)OOC(=O)C(=O)c1ccc(SC)cc1. The van der Waals surface area contributed by atoms with Crippen LogP contribution in [-0.4, -0.2) is 24.0 Å². The molecule has 100 valence electrons. The van der Waals surface area contributed by atoms with Crippen molar-refractivity contribution in [1.82, 2.24) is 0 Å². The van der Waals surface area contributed by atoms with E-state index in [4.69, 9.17) is 0 Å². The minimum atomic E-state index is -1.26. The van der Waals surface area contributed by atoms with Gasteiger partial charge in [0.2, 0.25) is 0 Å². The maximum atomic E-state index is 11.6. The third-order valence-electron chi connectivity index (χ3n) is 2.08. The van der Waals surface area contributed by atoms with E-state index >= 15 is 0 Å². The highest BCUT2D eigenvalue weighted by atomic mass is 32.2. The number of thioether (sulfide) groups is 1. The number of benzene rings is 1. The molecule has 0 amide bonds. The van der Waals surface area contributed by atoms with Crippen LogP contribution in [0, 0.1) is 0 Å². The highest BCUT2D eigenvalue weighted by Gasteiger charge is 2.21. The summed E-state index contributed by atoms with van der Waals surface area (Å²) >= 11 is 1.51. The van der Waals surface area contributed by atoms with Gasteiger partial charge in [-0.05, 0) is 37.4 Å². The van der Waals surface area contributed by atoms with E-state index in [-0.39, 0.29) is 11.1 Å². The Morgan fingerprint density at radius 2 is 1.58 bits per heavy atom. The van der Waals surface area contributed by atoms with E-state index in [0.717, 1.165) is 4.90 Å². The van der Waals surface area contributed by atoms with Crippen molar-refractivity contribution in [3.63, 3.8) is 0 Å². The highest BCUT2D eigenvalue weighted by molar-refractivity contribution is 7.98. The van der Waals surface area contributed by atoms with Crippen molar-refractivity contribution in [1.29, 1.82) is 0 Å². The van der Waals surface area contributed by atoms with Gasteiger partial charge in [0.1, 0.15) is 0 Å². The molecule has 0 unspecified atom stereocenters. The fraction of sp³-hybridized carbons (Fsp3) is 0.154. The fourth-order valence-corrected chi connectivity index (χ4v) is 1.45. The summed E-state index contributed by atoms with van der Waals surface area (Å²) in [5.74, 6) is -3.05. The number of hydrogen-bond acceptors (Lipinski definition) is 6. The van der Waals surface area contributed by atoms with E-state index in [0.29, 0.717) is 0 Å². The second-order valence-corrected chi connectivity index (χ2v) is 4.46. The number of rotatable bonds is 4. The average molecular weight is 280 g/mol. The van der Waals surface area contributed by atoms with Crippen molar-refractivity contribution >= 4 is 29.5 Å². The minimum absolute atomic E-state index is 0.0598. The van der Waals surface area contributed by atoms with Gasteiger partial charge >= 0.3 is 11.9 Å². The molecule has 0 aromatic heterocycles. The Bertz CT molecular complexity index is 518. The molecule has 0 aliphatic rings. The van der Waals surface area contributed by atoms with Crippen LogP contribution in [0.2, 0.25) is 0 Å². The van der Waals surface area contributed by atoms with E-state index in [2.05, 4.69) is 16.4 Å². The van der Waals surface area contributed by atoms with Gasteiger partial charge in [0, 0.05) is 16.0 Å². The molecule has 19 heavy (non-hydrogen) atoms. The average Bonchev–Trinajstić information content (AvgIpc) is 2.43. The van der Waals surface area contributed by atoms with E-state index < -0.39 is 17.7 Å². The number of carbonyl (C=O) groups excluding carboxylic acids is 3. The largest absolute Gasteiger partial charge is 0.426 e. The normalized spacial score (nSPS) is 9.58. The predicted molar refractivity (Wildman–Crippen MR) is 69.6 cm³/mol. The van der Waals surface area contributed by atoms with E-state index in [1.807, 2.05) is 6.26 Å². The first kappa shape index (κ1) is 15.0. The van der Waals surface area contributed by atoms with Gasteiger partial charge < -0.3 is 0 Å². The quantitative estimate of drug-likeness (QED) is 0.210. The lowest BCUT2D eigenvalue weighted by molar-refractivity contribution is -0.250. The van der Waals surface area contributed by atoms with Crippen LogP contribution in [0.1, 0.15) is 17.3 Å². The van der Waals surface area contributed by atoms with Crippen LogP contribution in [0.4, 0.5) is 0 Å². The molecule has 0 saturated carbocycles. The lowest BCUT2D eigenvalue weighted by Crippen LogP contribution is -2.20. The smallest absolute Gasteiger partial charge is 0.281 e. The zero-order valence-corrected chi connectivity index (χ0v) is 11.3. The first-order chi connectivity index (χ1) is 8.95. The molecule has 0 aliphatic carbocycles. The molecule has 0 N–H and O–H groups in total. The van der Waals surface area contributed by atoms with Crippen molar-refractivity contribution in [3.8, 4) is 0 Å². The monoisotopic (exact) mass is 280 g/mol. The minimum Gasteiger partial charge on any atom is -0.281 e. The van der Waals surface area contributed by atoms with Crippen molar-refractivity contribution in [2.75, 3.05) is 6.26 Å². The van der Waals surface area contributed by atoms with E-state index in [1.54, 1.807) is 12.1 Å². The summed E-state index contributed by atoms with van der Waals surface area (Å²) in [6.07, 6.45) is 1.89. The third-order valence-corrected chi connectivity index (χ3v) is 2.82. The van der Waals surface area contributed by atoms with Crippen LogP contribution in [-0.2, 0) is 19.4 Å². The third kappa shape index (κ3) is 4.26.